The predicted molar refractivity (Wildman–Crippen MR) is 11.6 cm³/mol. The molecule has 0 aromatic rings. The molecular formula is H3CuInO3. The zero-order valence-electron chi connectivity index (χ0n) is 2.22. The Kier molecular flexibility index (Phi) is 1290. The Morgan fingerprint density at radius 2 is 0.600 bits per heavy atom. The molecule has 0 rings (SSSR count). The molecule has 0 saturated carbocycles. The molecule has 0 aliphatic rings. The van der Waals surface area contributed by atoms with Gasteiger partial charge in [0.2, 0.25) is 0 Å². The number of hydrogen-bond donors (Lipinski definition) is 0. The van der Waals surface area contributed by atoms with Gasteiger partial charge in [0.05, 0.1) is 0 Å². The van der Waals surface area contributed by atoms with Crippen molar-refractivity contribution in [3.8, 4) is 0 Å². The number of rotatable bonds is 0. The van der Waals surface area contributed by atoms with Crippen LogP contribution in [0.15, 0.2) is 0 Å². The summed E-state index contributed by atoms with van der Waals surface area (Å²) in [7, 11) is 0. The van der Waals surface area contributed by atoms with E-state index in [1.165, 1.54) is 0 Å². The zero-order valence-corrected chi connectivity index (χ0v) is 6.46. The van der Waals surface area contributed by atoms with E-state index >= 15 is 0 Å². The van der Waals surface area contributed by atoms with Crippen LogP contribution in [-0.4, -0.2) is 42.3 Å². The normalized spacial score (nSPS) is 0. The van der Waals surface area contributed by atoms with Gasteiger partial charge in [-0.1, -0.05) is 0 Å². The van der Waals surface area contributed by atoms with Crippen molar-refractivity contribution in [1.29, 1.82) is 0 Å². The third-order valence-corrected chi connectivity index (χ3v) is 0. The topological polar surface area (TPSA) is 90.0 Å². The minimum atomic E-state index is 0. The summed E-state index contributed by atoms with van der Waals surface area (Å²) in [5, 5.41) is 0. The summed E-state index contributed by atoms with van der Waals surface area (Å²) in [6.07, 6.45) is 0. The minimum absolute atomic E-state index is 0. The first-order chi connectivity index (χ1) is 0. The van der Waals surface area contributed by atoms with Crippen molar-refractivity contribution >= 4 is 25.8 Å². The molecule has 0 aliphatic carbocycles. The first-order valence-electron chi connectivity index (χ1n) is 0. The largest absolute Gasteiger partial charge is 3.00 e. The molecule has 0 unspecified atom stereocenters. The van der Waals surface area contributed by atoms with Crippen molar-refractivity contribution in [1.82, 2.24) is 0 Å². The number of hydrogen-bond acceptors (Lipinski definition) is 3. The molecule has 0 fully saturated rings. The first kappa shape index (κ1) is 108. The molecule has 5 heavy (non-hydrogen) atoms. The SMILES string of the molecule is [Cu].[In+3].[OH-].[OH-].[OH-]. The summed E-state index contributed by atoms with van der Waals surface area (Å²) in [5.74, 6) is 0. The fourth-order valence-electron chi connectivity index (χ4n) is 0. The molecule has 3 nitrogen and oxygen atoms in total. The van der Waals surface area contributed by atoms with Gasteiger partial charge in [-0.2, -0.15) is 0 Å². The Balaban J connectivity index is 0. The fraction of sp³-hybridized carbons (Fsp3) is 0. The maximum absolute atomic E-state index is 0. The van der Waals surface area contributed by atoms with E-state index in [9.17, 15) is 0 Å². The smallest absolute Gasteiger partial charge is 0.870 e. The molecular weight excluding hydrogens is 226 g/mol. The van der Waals surface area contributed by atoms with Crippen molar-refractivity contribution in [3.63, 3.8) is 0 Å². The molecule has 0 bridgehead atoms. The molecule has 0 amide bonds. The van der Waals surface area contributed by atoms with E-state index in [2.05, 4.69) is 0 Å². The maximum Gasteiger partial charge on any atom is 3.00 e. The standard InChI is InChI=1S/Cu.In.3H2O/h;;3*1H2/q;+3;;;/p-3. The first-order valence-corrected chi connectivity index (χ1v) is 0. The van der Waals surface area contributed by atoms with Gasteiger partial charge in [0.1, 0.15) is 0 Å². The summed E-state index contributed by atoms with van der Waals surface area (Å²) < 4.78 is 0. The fourth-order valence-corrected chi connectivity index (χ4v) is 0. The zero-order chi connectivity index (χ0) is 0. The molecule has 1 radical (unpaired) electrons. The van der Waals surface area contributed by atoms with Crippen molar-refractivity contribution in [2.45, 2.75) is 0 Å². The molecule has 5 heteroatoms. The van der Waals surface area contributed by atoms with Crippen LogP contribution in [0, 0.1) is 0 Å². The quantitative estimate of drug-likeness (QED) is 0.503. The van der Waals surface area contributed by atoms with Crippen LogP contribution in [0.25, 0.3) is 0 Å². The van der Waals surface area contributed by atoms with Crippen LogP contribution in [0.4, 0.5) is 0 Å². The van der Waals surface area contributed by atoms with Crippen LogP contribution in [-0.2, 0) is 17.1 Å². The molecule has 0 aromatic heterocycles. The van der Waals surface area contributed by atoms with E-state index in [1.54, 1.807) is 0 Å². The Morgan fingerprint density at radius 3 is 0.600 bits per heavy atom. The average molecular weight is 229 g/mol. The molecule has 0 heterocycles. The third-order valence-electron chi connectivity index (χ3n) is 0. The molecule has 0 aromatic carbocycles. The van der Waals surface area contributed by atoms with Gasteiger partial charge in [-0.05, 0) is 0 Å². The average Bonchev–Trinajstić information content (AvgIpc) is 0. The monoisotopic (exact) mass is 229 g/mol. The molecule has 0 spiro atoms. The Bertz CT molecular complexity index is 6.85. The Hall–Kier alpha value is 1.27. The van der Waals surface area contributed by atoms with Crippen LogP contribution >= 0.6 is 0 Å². The van der Waals surface area contributed by atoms with Crippen molar-refractivity contribution in [2.24, 2.45) is 0 Å². The van der Waals surface area contributed by atoms with Gasteiger partial charge in [-0.15, -0.1) is 0 Å². The van der Waals surface area contributed by atoms with Gasteiger partial charge in [-0.3, -0.25) is 0 Å². The second-order valence-corrected chi connectivity index (χ2v) is 0. The van der Waals surface area contributed by atoms with Crippen LogP contribution < -0.4 is 0 Å². The van der Waals surface area contributed by atoms with Gasteiger partial charge in [0.25, 0.3) is 0 Å². The van der Waals surface area contributed by atoms with E-state index in [1.807, 2.05) is 0 Å². The molecule has 0 saturated heterocycles. The molecule has 0 atom stereocenters. The van der Waals surface area contributed by atoms with Gasteiger partial charge in [0.15, 0.2) is 0 Å². The minimum Gasteiger partial charge on any atom is -0.870 e. The van der Waals surface area contributed by atoms with E-state index in [-0.39, 0.29) is 59.3 Å². The van der Waals surface area contributed by atoms with Crippen LogP contribution in [0.2, 0.25) is 0 Å². The van der Waals surface area contributed by atoms with Gasteiger partial charge < -0.3 is 16.4 Å². The van der Waals surface area contributed by atoms with E-state index in [0.29, 0.717) is 0 Å². The van der Waals surface area contributed by atoms with Crippen molar-refractivity contribution < 1.29 is 33.5 Å². The van der Waals surface area contributed by atoms with E-state index < -0.39 is 0 Å². The summed E-state index contributed by atoms with van der Waals surface area (Å²) in [6.45, 7) is 0. The van der Waals surface area contributed by atoms with Gasteiger partial charge in [-0.25, -0.2) is 0 Å². The predicted octanol–water partition coefficient (Wildman–Crippen LogP) is -0.914. The summed E-state index contributed by atoms with van der Waals surface area (Å²) in [5.41, 5.74) is 0. The Morgan fingerprint density at radius 1 is 0.600 bits per heavy atom. The summed E-state index contributed by atoms with van der Waals surface area (Å²) in [4.78, 5) is 0. The van der Waals surface area contributed by atoms with Crippen LogP contribution in [0.5, 0.6) is 0 Å². The molecule has 3 N–H and O–H groups in total. The van der Waals surface area contributed by atoms with Crippen LogP contribution in [0.3, 0.4) is 0 Å². The third kappa shape index (κ3) is 34.9. The second kappa shape index (κ2) is 59.6. The van der Waals surface area contributed by atoms with Crippen molar-refractivity contribution in [3.05, 3.63) is 0 Å². The second-order valence-electron chi connectivity index (χ2n) is 0. The summed E-state index contributed by atoms with van der Waals surface area (Å²) >= 11 is 0. The van der Waals surface area contributed by atoms with Crippen molar-refractivity contribution in [2.75, 3.05) is 0 Å². The van der Waals surface area contributed by atoms with Gasteiger partial charge in [0, 0.05) is 17.1 Å². The van der Waals surface area contributed by atoms with Gasteiger partial charge >= 0.3 is 25.8 Å². The molecule has 35 valence electrons. The van der Waals surface area contributed by atoms with Crippen LogP contribution in [0.1, 0.15) is 0 Å². The van der Waals surface area contributed by atoms with E-state index in [4.69, 9.17) is 0 Å². The summed E-state index contributed by atoms with van der Waals surface area (Å²) in [6, 6.07) is 0. The van der Waals surface area contributed by atoms with E-state index in [0.717, 1.165) is 0 Å². The maximum atomic E-state index is 0. The molecule has 0 aliphatic heterocycles. The Labute approximate surface area is 59.3 Å².